The number of hydrogen-bond acceptors (Lipinski definition) is 5. The van der Waals surface area contributed by atoms with Gasteiger partial charge in [0.15, 0.2) is 0 Å². The number of halogens is 1. The summed E-state index contributed by atoms with van der Waals surface area (Å²) in [7, 11) is -3.76. The van der Waals surface area contributed by atoms with Crippen molar-refractivity contribution in [3.63, 3.8) is 0 Å². The summed E-state index contributed by atoms with van der Waals surface area (Å²) in [4.78, 5) is 4.49. The fourth-order valence-electron chi connectivity index (χ4n) is 3.27. The minimum Gasteiger partial charge on any atom is -0.366 e. The van der Waals surface area contributed by atoms with Gasteiger partial charge in [0, 0.05) is 29.5 Å². The quantitative estimate of drug-likeness (QED) is 0.554. The number of allylic oxidation sites excluding steroid dienone is 2. The third-order valence-corrected chi connectivity index (χ3v) is 6.52. The van der Waals surface area contributed by atoms with Crippen LogP contribution in [0.4, 0.5) is 5.82 Å². The standard InChI is InChI=1S/C20H28BrN5O2S/c1-15(2)14-26-10-9-18(25-26)13-23-29(27,28)19-11-16(21)12-22-20(19)24-17-7-5-3-4-6-8-17/h3-4,9-12,15,17,23H,5-8,13-14H2,1-2H3,(H,22,24). The van der Waals surface area contributed by atoms with E-state index in [-0.39, 0.29) is 17.5 Å². The molecule has 7 nitrogen and oxygen atoms in total. The zero-order valence-electron chi connectivity index (χ0n) is 16.8. The highest BCUT2D eigenvalue weighted by Crippen LogP contribution is 2.25. The van der Waals surface area contributed by atoms with E-state index in [1.807, 2.05) is 16.9 Å². The van der Waals surface area contributed by atoms with Gasteiger partial charge in [-0.3, -0.25) is 4.68 Å². The van der Waals surface area contributed by atoms with Crippen LogP contribution in [0.3, 0.4) is 0 Å². The van der Waals surface area contributed by atoms with Gasteiger partial charge in [0.1, 0.15) is 10.7 Å². The predicted octanol–water partition coefficient (Wildman–Crippen LogP) is 4.09. The first kappa shape index (κ1) is 22.0. The average molecular weight is 482 g/mol. The maximum atomic E-state index is 13.0. The van der Waals surface area contributed by atoms with Crippen LogP contribution in [0.15, 0.2) is 46.0 Å². The highest BCUT2D eigenvalue weighted by Gasteiger charge is 2.22. The molecule has 0 aromatic carbocycles. The molecule has 2 N–H and O–H groups in total. The lowest BCUT2D eigenvalue weighted by atomic mass is 10.1. The van der Waals surface area contributed by atoms with Crippen molar-refractivity contribution in [3.05, 3.63) is 46.8 Å². The van der Waals surface area contributed by atoms with E-state index < -0.39 is 10.0 Å². The lowest BCUT2D eigenvalue weighted by molar-refractivity contribution is 0.479. The molecule has 0 aliphatic heterocycles. The first-order valence-electron chi connectivity index (χ1n) is 9.92. The molecule has 0 unspecified atom stereocenters. The van der Waals surface area contributed by atoms with Gasteiger partial charge in [0.2, 0.25) is 10.0 Å². The van der Waals surface area contributed by atoms with Crippen molar-refractivity contribution in [2.75, 3.05) is 5.32 Å². The van der Waals surface area contributed by atoms with E-state index in [9.17, 15) is 8.42 Å². The van der Waals surface area contributed by atoms with Gasteiger partial charge in [0.05, 0.1) is 12.2 Å². The van der Waals surface area contributed by atoms with Crippen LogP contribution < -0.4 is 10.0 Å². The second kappa shape index (κ2) is 9.86. The molecule has 0 fully saturated rings. The molecule has 3 rings (SSSR count). The molecule has 2 aromatic rings. The Labute approximate surface area is 181 Å². The molecule has 0 bridgehead atoms. The largest absolute Gasteiger partial charge is 0.366 e. The average Bonchev–Trinajstić information content (AvgIpc) is 2.94. The van der Waals surface area contributed by atoms with Crippen molar-refractivity contribution in [3.8, 4) is 0 Å². The maximum absolute atomic E-state index is 13.0. The number of nitrogens with zero attached hydrogens (tertiary/aromatic N) is 3. The molecule has 0 atom stereocenters. The highest BCUT2D eigenvalue weighted by molar-refractivity contribution is 9.10. The van der Waals surface area contributed by atoms with Crippen molar-refractivity contribution in [1.82, 2.24) is 19.5 Å². The summed E-state index contributed by atoms with van der Waals surface area (Å²) < 4.78 is 31.1. The van der Waals surface area contributed by atoms with Crippen LogP contribution in [0.2, 0.25) is 0 Å². The van der Waals surface area contributed by atoms with Crippen molar-refractivity contribution in [2.45, 2.75) is 63.6 Å². The van der Waals surface area contributed by atoms with E-state index in [0.717, 1.165) is 32.2 Å². The van der Waals surface area contributed by atoms with Gasteiger partial charge in [-0.25, -0.2) is 18.1 Å². The number of sulfonamides is 1. The topological polar surface area (TPSA) is 88.9 Å². The Bertz CT molecular complexity index is 946. The number of pyridine rings is 1. The second-order valence-corrected chi connectivity index (χ2v) is 10.4. The Balaban J connectivity index is 1.73. The lowest BCUT2D eigenvalue weighted by Gasteiger charge is -2.19. The summed E-state index contributed by atoms with van der Waals surface area (Å²) in [5.41, 5.74) is 0.682. The molecule has 1 aliphatic carbocycles. The van der Waals surface area contributed by atoms with Gasteiger partial charge in [-0.05, 0) is 59.7 Å². The number of anilines is 1. The van der Waals surface area contributed by atoms with Crippen LogP contribution in [0.5, 0.6) is 0 Å². The summed E-state index contributed by atoms with van der Waals surface area (Å²) in [6.07, 6.45) is 11.7. The van der Waals surface area contributed by atoms with E-state index in [0.29, 0.717) is 21.9 Å². The zero-order valence-corrected chi connectivity index (χ0v) is 19.2. The molecule has 0 radical (unpaired) electrons. The second-order valence-electron chi connectivity index (χ2n) is 7.72. The molecule has 29 heavy (non-hydrogen) atoms. The molecule has 2 heterocycles. The minimum absolute atomic E-state index is 0.132. The Kier molecular flexibility index (Phi) is 7.48. The van der Waals surface area contributed by atoms with Crippen LogP contribution in [-0.4, -0.2) is 29.2 Å². The van der Waals surface area contributed by atoms with Crippen molar-refractivity contribution in [2.24, 2.45) is 5.92 Å². The summed E-state index contributed by atoms with van der Waals surface area (Å²) in [5, 5.41) is 7.77. The highest BCUT2D eigenvalue weighted by atomic mass is 79.9. The Morgan fingerprint density at radius 1 is 1.28 bits per heavy atom. The predicted molar refractivity (Wildman–Crippen MR) is 118 cm³/mol. The first-order valence-corrected chi connectivity index (χ1v) is 12.2. The van der Waals surface area contributed by atoms with Gasteiger partial charge in [-0.15, -0.1) is 0 Å². The van der Waals surface area contributed by atoms with Crippen LogP contribution in [0, 0.1) is 5.92 Å². The minimum atomic E-state index is -3.76. The number of aromatic nitrogens is 3. The van der Waals surface area contributed by atoms with Crippen LogP contribution in [-0.2, 0) is 23.1 Å². The summed E-state index contributed by atoms with van der Waals surface area (Å²) >= 11 is 3.34. The molecular weight excluding hydrogens is 454 g/mol. The number of nitrogens with one attached hydrogen (secondary N) is 2. The molecule has 0 amide bonds. The van der Waals surface area contributed by atoms with E-state index in [4.69, 9.17) is 0 Å². The fraction of sp³-hybridized carbons (Fsp3) is 0.500. The van der Waals surface area contributed by atoms with E-state index in [1.165, 1.54) is 0 Å². The first-order chi connectivity index (χ1) is 13.8. The molecule has 0 saturated carbocycles. The molecule has 1 aliphatic rings. The monoisotopic (exact) mass is 481 g/mol. The summed E-state index contributed by atoms with van der Waals surface area (Å²) in [5.74, 6) is 0.859. The molecule has 9 heteroatoms. The lowest BCUT2D eigenvalue weighted by Crippen LogP contribution is -2.27. The maximum Gasteiger partial charge on any atom is 0.244 e. The van der Waals surface area contributed by atoms with Crippen LogP contribution in [0.1, 0.15) is 45.2 Å². The third kappa shape index (κ3) is 6.38. The SMILES string of the molecule is CC(C)Cn1ccc(CNS(=O)(=O)c2cc(Br)cnc2NC2CCC=CCC2)n1. The van der Waals surface area contributed by atoms with E-state index in [2.05, 4.69) is 62.1 Å². The van der Waals surface area contributed by atoms with Crippen molar-refractivity contribution in [1.29, 1.82) is 0 Å². The van der Waals surface area contributed by atoms with Crippen LogP contribution >= 0.6 is 15.9 Å². The van der Waals surface area contributed by atoms with Crippen LogP contribution in [0.25, 0.3) is 0 Å². The van der Waals surface area contributed by atoms with Gasteiger partial charge >= 0.3 is 0 Å². The Hall–Kier alpha value is -1.71. The summed E-state index contributed by atoms with van der Waals surface area (Å²) in [6.45, 7) is 5.16. The molecule has 2 aromatic heterocycles. The normalized spacial score (nSPS) is 15.6. The molecule has 0 spiro atoms. The van der Waals surface area contributed by atoms with Gasteiger partial charge in [-0.1, -0.05) is 26.0 Å². The van der Waals surface area contributed by atoms with E-state index >= 15 is 0 Å². The van der Waals surface area contributed by atoms with Gasteiger partial charge in [0.25, 0.3) is 0 Å². The Morgan fingerprint density at radius 2 is 2.00 bits per heavy atom. The molecule has 0 saturated heterocycles. The van der Waals surface area contributed by atoms with Gasteiger partial charge in [-0.2, -0.15) is 5.10 Å². The van der Waals surface area contributed by atoms with Crippen molar-refractivity contribution < 1.29 is 8.42 Å². The van der Waals surface area contributed by atoms with E-state index in [1.54, 1.807) is 12.3 Å². The number of hydrogen-bond donors (Lipinski definition) is 2. The number of rotatable bonds is 8. The molecular formula is C20H28BrN5O2S. The van der Waals surface area contributed by atoms with Gasteiger partial charge < -0.3 is 5.32 Å². The molecule has 158 valence electrons. The van der Waals surface area contributed by atoms with Crippen molar-refractivity contribution >= 4 is 31.8 Å². The third-order valence-electron chi connectivity index (χ3n) is 4.67. The smallest absolute Gasteiger partial charge is 0.244 e. The summed E-state index contributed by atoms with van der Waals surface area (Å²) in [6, 6.07) is 3.62. The zero-order chi connectivity index (χ0) is 20.9. The Morgan fingerprint density at radius 3 is 2.69 bits per heavy atom. The fourth-order valence-corrected chi connectivity index (χ4v) is 4.89.